The van der Waals surface area contributed by atoms with Crippen LogP contribution in [0.1, 0.15) is 31.4 Å². The molecule has 3 aromatic rings. The molecular formula is C21H23Cl2N3O. The summed E-state index contributed by atoms with van der Waals surface area (Å²) in [5.74, 6) is 0.0844. The minimum atomic E-state index is -0.483. The number of nitrogens with one attached hydrogen (secondary N) is 1. The molecule has 0 aliphatic carbocycles. The topological polar surface area (TPSA) is 49.0 Å². The predicted molar refractivity (Wildman–Crippen MR) is 111 cm³/mol. The van der Waals surface area contributed by atoms with Crippen molar-refractivity contribution in [3.05, 3.63) is 63.9 Å². The van der Waals surface area contributed by atoms with E-state index in [1.54, 1.807) is 36.5 Å². The van der Waals surface area contributed by atoms with Crippen LogP contribution in [0.15, 0.2) is 42.7 Å². The molecule has 0 unspecified atom stereocenters. The van der Waals surface area contributed by atoms with Gasteiger partial charge in [-0.1, -0.05) is 43.1 Å². The van der Waals surface area contributed by atoms with Crippen LogP contribution in [-0.2, 0) is 17.8 Å². The van der Waals surface area contributed by atoms with Crippen molar-refractivity contribution in [2.24, 2.45) is 5.41 Å². The van der Waals surface area contributed by atoms with Crippen molar-refractivity contribution >= 4 is 40.1 Å². The first kappa shape index (κ1) is 19.7. The zero-order valence-corrected chi connectivity index (χ0v) is 17.2. The van der Waals surface area contributed by atoms with Crippen molar-refractivity contribution in [3.8, 4) is 0 Å². The zero-order chi connectivity index (χ0) is 19.6. The first-order chi connectivity index (χ1) is 12.8. The molecule has 0 fully saturated rings. The lowest BCUT2D eigenvalue weighted by atomic mass is 9.84. The zero-order valence-electron chi connectivity index (χ0n) is 15.7. The smallest absolute Gasteiger partial charge is 0.228 e. The standard InChI is InChI=1S/C21H23Cl2N3O/c1-21(2,9-8-14-4-7-18-19(10-14)25-13-24-18)20(27)26(3)12-15-11-16(22)5-6-17(15)23/h4-7,10-11,13H,8-9,12H2,1-3H3,(H,24,25). The quantitative estimate of drug-likeness (QED) is 0.591. The number of hydrogen-bond acceptors (Lipinski definition) is 2. The minimum Gasteiger partial charge on any atom is -0.345 e. The van der Waals surface area contributed by atoms with Crippen molar-refractivity contribution in [2.75, 3.05) is 7.05 Å². The van der Waals surface area contributed by atoms with Crippen LogP contribution < -0.4 is 0 Å². The van der Waals surface area contributed by atoms with Crippen molar-refractivity contribution in [1.29, 1.82) is 0 Å². The van der Waals surface area contributed by atoms with Gasteiger partial charge in [0.2, 0.25) is 5.91 Å². The van der Waals surface area contributed by atoms with E-state index in [0.717, 1.165) is 29.4 Å². The largest absolute Gasteiger partial charge is 0.345 e. The first-order valence-corrected chi connectivity index (χ1v) is 9.63. The van der Waals surface area contributed by atoms with E-state index in [0.29, 0.717) is 16.6 Å². The van der Waals surface area contributed by atoms with Crippen LogP contribution in [0.2, 0.25) is 10.0 Å². The van der Waals surface area contributed by atoms with E-state index in [-0.39, 0.29) is 5.91 Å². The summed E-state index contributed by atoms with van der Waals surface area (Å²) in [7, 11) is 1.80. The number of carbonyl (C=O) groups excluding carboxylic acids is 1. The monoisotopic (exact) mass is 403 g/mol. The van der Waals surface area contributed by atoms with Crippen LogP contribution in [-0.4, -0.2) is 27.8 Å². The van der Waals surface area contributed by atoms with Crippen molar-refractivity contribution in [3.63, 3.8) is 0 Å². The highest BCUT2D eigenvalue weighted by Crippen LogP contribution is 2.28. The SMILES string of the molecule is CN(Cc1cc(Cl)ccc1Cl)C(=O)C(C)(C)CCc1ccc2nc[nH]c2c1. The Morgan fingerprint density at radius 3 is 2.74 bits per heavy atom. The predicted octanol–water partition coefficient (Wildman–Crippen LogP) is 5.49. The fraction of sp³-hybridized carbons (Fsp3) is 0.333. The molecule has 0 radical (unpaired) electrons. The Bertz CT molecular complexity index is 965. The fourth-order valence-corrected chi connectivity index (χ4v) is 3.58. The van der Waals surface area contributed by atoms with E-state index >= 15 is 0 Å². The summed E-state index contributed by atoms with van der Waals surface area (Å²) in [6, 6.07) is 11.5. The Kier molecular flexibility index (Phi) is 5.78. The number of aromatic amines is 1. The summed E-state index contributed by atoms with van der Waals surface area (Å²) in [5.41, 5.74) is 3.52. The van der Waals surface area contributed by atoms with Gasteiger partial charge in [-0.25, -0.2) is 4.98 Å². The number of carbonyl (C=O) groups is 1. The molecule has 6 heteroatoms. The Morgan fingerprint density at radius 1 is 1.19 bits per heavy atom. The number of imidazole rings is 1. The molecule has 2 aromatic carbocycles. The van der Waals surface area contributed by atoms with Gasteiger partial charge >= 0.3 is 0 Å². The third kappa shape index (κ3) is 4.63. The molecular weight excluding hydrogens is 381 g/mol. The van der Waals surface area contributed by atoms with Gasteiger partial charge < -0.3 is 9.88 Å². The number of amides is 1. The number of H-pyrrole nitrogens is 1. The Labute approximate surface area is 169 Å². The van der Waals surface area contributed by atoms with E-state index in [1.165, 1.54) is 5.56 Å². The average Bonchev–Trinajstić information content (AvgIpc) is 3.10. The summed E-state index contributed by atoms with van der Waals surface area (Å²) in [4.78, 5) is 22.1. The molecule has 1 aromatic heterocycles. The van der Waals surface area contributed by atoms with Gasteiger partial charge in [-0.15, -0.1) is 0 Å². The summed E-state index contributed by atoms with van der Waals surface area (Å²) in [6.07, 6.45) is 3.26. The second kappa shape index (κ2) is 7.91. The highest BCUT2D eigenvalue weighted by Gasteiger charge is 2.30. The van der Waals surface area contributed by atoms with Gasteiger partial charge in [0.15, 0.2) is 0 Å². The van der Waals surface area contributed by atoms with Gasteiger partial charge in [-0.3, -0.25) is 4.79 Å². The molecule has 4 nitrogen and oxygen atoms in total. The molecule has 0 atom stereocenters. The van der Waals surface area contributed by atoms with Crippen molar-refractivity contribution < 1.29 is 4.79 Å². The van der Waals surface area contributed by atoms with Crippen molar-refractivity contribution in [1.82, 2.24) is 14.9 Å². The second-order valence-electron chi connectivity index (χ2n) is 7.53. The molecule has 0 spiro atoms. The molecule has 0 bridgehead atoms. The normalized spacial score (nSPS) is 11.7. The molecule has 0 aliphatic rings. The lowest BCUT2D eigenvalue weighted by molar-refractivity contribution is -0.139. The highest BCUT2D eigenvalue weighted by atomic mass is 35.5. The number of aryl methyl sites for hydroxylation is 1. The van der Waals surface area contributed by atoms with Gasteiger partial charge in [0.25, 0.3) is 0 Å². The Morgan fingerprint density at radius 2 is 1.96 bits per heavy atom. The van der Waals surface area contributed by atoms with E-state index < -0.39 is 5.41 Å². The van der Waals surface area contributed by atoms with Crippen LogP contribution in [0.5, 0.6) is 0 Å². The maximum absolute atomic E-state index is 13.0. The number of nitrogens with zero attached hydrogens (tertiary/aromatic N) is 2. The molecule has 3 rings (SSSR count). The summed E-state index contributed by atoms with van der Waals surface area (Å²) < 4.78 is 0. The van der Waals surface area contributed by atoms with E-state index in [1.807, 2.05) is 19.9 Å². The molecule has 27 heavy (non-hydrogen) atoms. The van der Waals surface area contributed by atoms with E-state index in [9.17, 15) is 4.79 Å². The van der Waals surface area contributed by atoms with Gasteiger partial charge in [0, 0.05) is 29.1 Å². The van der Waals surface area contributed by atoms with Crippen LogP contribution >= 0.6 is 23.2 Å². The molecule has 1 N–H and O–H groups in total. The molecule has 0 saturated carbocycles. The van der Waals surface area contributed by atoms with Crippen LogP contribution in [0, 0.1) is 5.41 Å². The van der Waals surface area contributed by atoms with Crippen LogP contribution in [0.25, 0.3) is 11.0 Å². The molecule has 1 heterocycles. The van der Waals surface area contributed by atoms with Gasteiger partial charge in [0.05, 0.1) is 17.4 Å². The Balaban J connectivity index is 1.65. The summed E-state index contributed by atoms with van der Waals surface area (Å²) in [6.45, 7) is 4.40. The molecule has 0 saturated heterocycles. The number of hydrogen-bond donors (Lipinski definition) is 1. The van der Waals surface area contributed by atoms with E-state index in [4.69, 9.17) is 23.2 Å². The third-order valence-electron chi connectivity index (χ3n) is 4.86. The minimum absolute atomic E-state index is 0.0844. The number of benzene rings is 2. The first-order valence-electron chi connectivity index (χ1n) is 8.88. The Hall–Kier alpha value is -2.04. The lowest BCUT2D eigenvalue weighted by Gasteiger charge is -2.30. The van der Waals surface area contributed by atoms with E-state index in [2.05, 4.69) is 22.1 Å². The van der Waals surface area contributed by atoms with Gasteiger partial charge in [-0.05, 0) is 54.3 Å². The second-order valence-corrected chi connectivity index (χ2v) is 8.38. The maximum Gasteiger partial charge on any atom is 0.228 e. The number of halogens is 2. The van der Waals surface area contributed by atoms with Crippen LogP contribution in [0.4, 0.5) is 0 Å². The molecule has 1 amide bonds. The molecule has 0 aliphatic heterocycles. The van der Waals surface area contributed by atoms with Gasteiger partial charge in [-0.2, -0.15) is 0 Å². The number of aromatic nitrogens is 2. The lowest BCUT2D eigenvalue weighted by Crippen LogP contribution is -2.38. The van der Waals surface area contributed by atoms with Gasteiger partial charge in [0.1, 0.15) is 0 Å². The third-order valence-corrected chi connectivity index (χ3v) is 5.47. The maximum atomic E-state index is 13.0. The summed E-state index contributed by atoms with van der Waals surface area (Å²) in [5, 5.41) is 1.23. The molecule has 142 valence electrons. The van der Waals surface area contributed by atoms with Crippen LogP contribution in [0.3, 0.4) is 0 Å². The fourth-order valence-electron chi connectivity index (χ4n) is 3.21. The number of fused-ring (bicyclic) bond motifs is 1. The average molecular weight is 404 g/mol. The summed E-state index contributed by atoms with van der Waals surface area (Å²) >= 11 is 12.3. The number of rotatable bonds is 6. The highest BCUT2D eigenvalue weighted by molar-refractivity contribution is 6.33. The van der Waals surface area contributed by atoms with Crippen molar-refractivity contribution in [2.45, 2.75) is 33.2 Å².